The van der Waals surface area contributed by atoms with Crippen LogP contribution in [0.15, 0.2) is 41.3 Å². The number of anilines is 2. The van der Waals surface area contributed by atoms with Gasteiger partial charge in [0, 0.05) is 10.7 Å². The summed E-state index contributed by atoms with van der Waals surface area (Å²) in [7, 11) is -3.92. The fraction of sp³-hybridized carbons (Fsp3) is 0.294. The number of hydrogen-bond donors (Lipinski definition) is 3. The van der Waals surface area contributed by atoms with Gasteiger partial charge in [0.25, 0.3) is 10.0 Å². The number of aryl methyl sites for hydroxylation is 1. The summed E-state index contributed by atoms with van der Waals surface area (Å²) >= 11 is 6.05. The number of fused-ring (bicyclic) bond motifs is 1. The number of hydrogen-bond acceptors (Lipinski definition) is 5. The molecular weight excluding hydrogens is 364 g/mol. The average Bonchev–Trinajstić information content (AvgIpc) is 2.56. The maximum absolute atomic E-state index is 12.8. The Morgan fingerprint density at radius 1 is 1.28 bits per heavy atom. The Hall–Kier alpha value is -1.96. The topological polar surface area (TPSA) is 87.7 Å². The maximum Gasteiger partial charge on any atom is 0.265 e. The minimum atomic E-state index is -3.92. The van der Waals surface area contributed by atoms with Crippen LogP contribution in [0.4, 0.5) is 11.4 Å². The Bertz CT molecular complexity index is 884. The molecule has 2 aromatic carbocycles. The first kappa shape index (κ1) is 17.8. The molecule has 0 amide bonds. The Morgan fingerprint density at radius 3 is 2.60 bits per heavy atom. The quantitative estimate of drug-likeness (QED) is 0.755. The molecule has 1 heterocycles. The lowest BCUT2D eigenvalue weighted by molar-refractivity contribution is 0.0547. The molecule has 3 rings (SSSR count). The highest BCUT2D eigenvalue weighted by Gasteiger charge is 2.31. The zero-order chi connectivity index (χ0) is 18.2. The van der Waals surface area contributed by atoms with Crippen LogP contribution >= 0.6 is 11.6 Å². The third kappa shape index (κ3) is 3.68. The zero-order valence-electron chi connectivity index (χ0n) is 13.8. The number of aliphatic hydroxyl groups excluding tert-OH is 1. The van der Waals surface area contributed by atoms with Crippen molar-refractivity contribution >= 4 is 33.0 Å². The standard InChI is InChI=1S/C17H19ClN2O4S/c1-3-11-4-6-13(7-5-11)20-25(22,23)15-9-12(18)8-14-16(15)24-10(2)17(21)19-14/h4-10,17,19-21H,3H2,1-2H3. The lowest BCUT2D eigenvalue weighted by atomic mass is 10.2. The molecule has 2 unspecified atom stereocenters. The van der Waals surface area contributed by atoms with E-state index in [-0.39, 0.29) is 15.7 Å². The van der Waals surface area contributed by atoms with Crippen molar-refractivity contribution in [3.05, 3.63) is 47.0 Å². The molecule has 0 spiro atoms. The molecule has 0 bridgehead atoms. The number of nitrogens with one attached hydrogen (secondary N) is 2. The smallest absolute Gasteiger partial charge is 0.265 e. The summed E-state index contributed by atoms with van der Waals surface area (Å²) in [5.74, 6) is 0.139. The van der Waals surface area contributed by atoms with Crippen molar-refractivity contribution in [2.75, 3.05) is 10.0 Å². The normalized spacial score (nSPS) is 19.5. The minimum Gasteiger partial charge on any atom is -0.482 e. The van der Waals surface area contributed by atoms with Gasteiger partial charge in [-0.15, -0.1) is 0 Å². The molecule has 0 aliphatic carbocycles. The van der Waals surface area contributed by atoms with Crippen molar-refractivity contribution in [3.63, 3.8) is 0 Å². The molecule has 0 radical (unpaired) electrons. The van der Waals surface area contributed by atoms with Gasteiger partial charge < -0.3 is 15.2 Å². The molecule has 25 heavy (non-hydrogen) atoms. The van der Waals surface area contributed by atoms with E-state index in [1.165, 1.54) is 12.1 Å². The van der Waals surface area contributed by atoms with Crippen molar-refractivity contribution in [3.8, 4) is 5.75 Å². The van der Waals surface area contributed by atoms with Crippen LogP contribution in [0.1, 0.15) is 19.4 Å². The molecular formula is C17H19ClN2O4S. The molecule has 2 atom stereocenters. The number of benzene rings is 2. The van der Waals surface area contributed by atoms with E-state index in [0.717, 1.165) is 12.0 Å². The second-order valence-electron chi connectivity index (χ2n) is 5.85. The SMILES string of the molecule is CCc1ccc(NS(=O)(=O)c2cc(Cl)cc3c2OC(C)C(O)N3)cc1. The van der Waals surface area contributed by atoms with Crippen LogP contribution in [0.2, 0.25) is 5.02 Å². The van der Waals surface area contributed by atoms with E-state index in [2.05, 4.69) is 10.0 Å². The lowest BCUT2D eigenvalue weighted by Crippen LogP contribution is -2.39. The number of halogens is 1. The number of aliphatic hydroxyl groups is 1. The van der Waals surface area contributed by atoms with Gasteiger partial charge in [0.1, 0.15) is 11.0 Å². The fourth-order valence-electron chi connectivity index (χ4n) is 2.54. The fourth-order valence-corrected chi connectivity index (χ4v) is 4.07. The average molecular weight is 383 g/mol. The van der Waals surface area contributed by atoms with Gasteiger partial charge in [0.05, 0.1) is 5.69 Å². The van der Waals surface area contributed by atoms with Gasteiger partial charge in [-0.3, -0.25) is 4.72 Å². The van der Waals surface area contributed by atoms with E-state index in [1.807, 2.05) is 19.1 Å². The molecule has 0 saturated carbocycles. The summed E-state index contributed by atoms with van der Waals surface area (Å²) in [4.78, 5) is -0.0826. The number of ether oxygens (including phenoxy) is 1. The van der Waals surface area contributed by atoms with Crippen LogP contribution in [-0.2, 0) is 16.4 Å². The first-order valence-electron chi connectivity index (χ1n) is 7.86. The van der Waals surface area contributed by atoms with Crippen LogP contribution < -0.4 is 14.8 Å². The summed E-state index contributed by atoms with van der Waals surface area (Å²) in [6.07, 6.45) is -0.684. The molecule has 134 valence electrons. The van der Waals surface area contributed by atoms with E-state index in [9.17, 15) is 13.5 Å². The molecule has 0 fully saturated rings. The largest absolute Gasteiger partial charge is 0.482 e. The van der Waals surface area contributed by atoms with Crippen molar-refractivity contribution in [2.45, 2.75) is 37.5 Å². The zero-order valence-corrected chi connectivity index (χ0v) is 15.4. The summed E-state index contributed by atoms with van der Waals surface area (Å²) in [6, 6.07) is 9.98. The molecule has 0 aromatic heterocycles. The van der Waals surface area contributed by atoms with Gasteiger partial charge in [0.15, 0.2) is 12.0 Å². The highest BCUT2D eigenvalue weighted by atomic mass is 35.5. The van der Waals surface area contributed by atoms with Gasteiger partial charge in [0.2, 0.25) is 0 Å². The van der Waals surface area contributed by atoms with Gasteiger partial charge in [-0.2, -0.15) is 0 Å². The van der Waals surface area contributed by atoms with E-state index in [1.54, 1.807) is 19.1 Å². The maximum atomic E-state index is 12.8. The van der Waals surface area contributed by atoms with Crippen LogP contribution in [0, 0.1) is 0 Å². The van der Waals surface area contributed by atoms with Gasteiger partial charge in [-0.1, -0.05) is 30.7 Å². The molecule has 3 N–H and O–H groups in total. The van der Waals surface area contributed by atoms with Crippen LogP contribution in [0.3, 0.4) is 0 Å². The van der Waals surface area contributed by atoms with Crippen LogP contribution in [-0.4, -0.2) is 25.9 Å². The molecule has 2 aromatic rings. The first-order chi connectivity index (χ1) is 11.8. The summed E-state index contributed by atoms with van der Waals surface area (Å²) in [6.45, 7) is 3.67. The van der Waals surface area contributed by atoms with E-state index in [0.29, 0.717) is 11.4 Å². The van der Waals surface area contributed by atoms with Crippen LogP contribution in [0.25, 0.3) is 0 Å². The second-order valence-corrected chi connectivity index (χ2v) is 7.94. The predicted octanol–water partition coefficient (Wildman–Crippen LogP) is 3.21. The van der Waals surface area contributed by atoms with Gasteiger partial charge in [-0.25, -0.2) is 8.42 Å². The summed E-state index contributed by atoms with van der Waals surface area (Å²) in [5.41, 5.74) is 1.89. The highest BCUT2D eigenvalue weighted by molar-refractivity contribution is 7.92. The predicted molar refractivity (Wildman–Crippen MR) is 97.8 cm³/mol. The van der Waals surface area contributed by atoms with Gasteiger partial charge in [-0.05, 0) is 43.2 Å². The minimum absolute atomic E-state index is 0.0826. The molecule has 8 heteroatoms. The Labute approximate surface area is 151 Å². The lowest BCUT2D eigenvalue weighted by Gasteiger charge is -2.31. The van der Waals surface area contributed by atoms with Gasteiger partial charge >= 0.3 is 0 Å². The van der Waals surface area contributed by atoms with Crippen molar-refractivity contribution in [2.24, 2.45) is 0 Å². The third-order valence-corrected chi connectivity index (χ3v) is 5.58. The first-order valence-corrected chi connectivity index (χ1v) is 9.73. The molecule has 0 saturated heterocycles. The molecule has 1 aliphatic rings. The van der Waals surface area contributed by atoms with Crippen molar-refractivity contribution in [1.82, 2.24) is 0 Å². The Morgan fingerprint density at radius 2 is 1.96 bits per heavy atom. The van der Waals surface area contributed by atoms with Crippen molar-refractivity contribution < 1.29 is 18.3 Å². The Kier molecular flexibility index (Phi) is 4.81. The molecule has 6 nitrogen and oxygen atoms in total. The third-order valence-electron chi connectivity index (χ3n) is 3.98. The monoisotopic (exact) mass is 382 g/mol. The Balaban J connectivity index is 1.99. The second kappa shape index (κ2) is 6.74. The number of rotatable bonds is 4. The van der Waals surface area contributed by atoms with Crippen molar-refractivity contribution in [1.29, 1.82) is 0 Å². The summed E-state index contributed by atoms with van der Waals surface area (Å²) in [5, 5.41) is 12.9. The number of sulfonamides is 1. The highest BCUT2D eigenvalue weighted by Crippen LogP contribution is 2.40. The summed E-state index contributed by atoms with van der Waals surface area (Å²) < 4.78 is 33.8. The van der Waals surface area contributed by atoms with E-state index >= 15 is 0 Å². The van der Waals surface area contributed by atoms with Crippen LogP contribution in [0.5, 0.6) is 5.75 Å². The van der Waals surface area contributed by atoms with E-state index in [4.69, 9.17) is 16.3 Å². The molecule has 1 aliphatic heterocycles. The van der Waals surface area contributed by atoms with E-state index < -0.39 is 22.4 Å².